The second-order valence-corrected chi connectivity index (χ2v) is 5.21. The Morgan fingerprint density at radius 2 is 1.50 bits per heavy atom. The molecule has 0 aromatic heterocycles. The van der Waals surface area contributed by atoms with Gasteiger partial charge in [-0.15, -0.1) is 0 Å². The molecule has 0 aliphatic heterocycles. The first kappa shape index (κ1) is 14.8. The maximum Gasteiger partial charge on any atom is 0.0664 e. The summed E-state index contributed by atoms with van der Waals surface area (Å²) in [5.41, 5.74) is 3.75. The Hall–Kier alpha value is -1.64. The van der Waals surface area contributed by atoms with E-state index in [0.717, 1.165) is 0 Å². The molecule has 0 bridgehead atoms. The van der Waals surface area contributed by atoms with E-state index in [1.54, 1.807) is 0 Å². The predicted molar refractivity (Wildman–Crippen MR) is 84.8 cm³/mol. The van der Waals surface area contributed by atoms with Gasteiger partial charge in [-0.1, -0.05) is 54.6 Å². The first-order valence-electron chi connectivity index (χ1n) is 7.15. The zero-order chi connectivity index (χ0) is 14.4. The molecule has 0 fully saturated rings. The summed E-state index contributed by atoms with van der Waals surface area (Å²) in [6, 6.07) is 19.4. The molecular weight excluding hydrogens is 246 g/mol. The van der Waals surface area contributed by atoms with Gasteiger partial charge in [0.15, 0.2) is 0 Å². The predicted octanol–water partition coefficient (Wildman–Crippen LogP) is 4.04. The minimum absolute atomic E-state index is 0.238. The van der Waals surface area contributed by atoms with Crippen LogP contribution in [0.25, 0.3) is 11.1 Å². The van der Waals surface area contributed by atoms with Crippen molar-refractivity contribution in [3.05, 3.63) is 60.2 Å². The van der Waals surface area contributed by atoms with Crippen molar-refractivity contribution in [2.45, 2.75) is 26.0 Å². The van der Waals surface area contributed by atoms with Crippen LogP contribution in [0.15, 0.2) is 54.6 Å². The summed E-state index contributed by atoms with van der Waals surface area (Å²) < 4.78 is 5.70. The molecule has 2 nitrogen and oxygen atoms in total. The van der Waals surface area contributed by atoms with Crippen LogP contribution in [0.5, 0.6) is 0 Å². The Labute approximate surface area is 121 Å². The van der Waals surface area contributed by atoms with Crippen LogP contribution >= 0.6 is 0 Å². The first-order chi connectivity index (χ1) is 9.70. The van der Waals surface area contributed by atoms with E-state index in [4.69, 9.17) is 4.74 Å². The first-order valence-corrected chi connectivity index (χ1v) is 7.15. The summed E-state index contributed by atoms with van der Waals surface area (Å²) in [5, 5.41) is 3.31. The Balaban J connectivity index is 2.10. The van der Waals surface area contributed by atoms with Crippen LogP contribution in [0.3, 0.4) is 0 Å². The number of hydrogen-bond acceptors (Lipinski definition) is 2. The van der Waals surface area contributed by atoms with Crippen molar-refractivity contribution >= 4 is 0 Å². The molecule has 20 heavy (non-hydrogen) atoms. The second-order valence-electron chi connectivity index (χ2n) is 5.21. The lowest BCUT2D eigenvalue weighted by molar-refractivity contribution is 0.0626. The minimum atomic E-state index is 0.238. The van der Waals surface area contributed by atoms with E-state index < -0.39 is 0 Å². The Kier molecular flexibility index (Phi) is 5.33. The smallest absolute Gasteiger partial charge is 0.0664 e. The lowest BCUT2D eigenvalue weighted by Gasteiger charge is -2.18. The molecule has 1 N–H and O–H groups in total. The van der Waals surface area contributed by atoms with Crippen molar-refractivity contribution in [2.75, 3.05) is 13.7 Å². The molecule has 2 aromatic carbocycles. The summed E-state index contributed by atoms with van der Waals surface area (Å²) in [6.07, 6.45) is 0.259. The standard InChI is InChI=1S/C18H23NO/c1-14(2)20-13-18(19-3)17-11-9-16(10-12-17)15-7-5-4-6-8-15/h4-12,14,18-19H,13H2,1-3H3. The molecule has 0 saturated heterocycles. The fraction of sp³-hybridized carbons (Fsp3) is 0.333. The molecule has 1 unspecified atom stereocenters. The quantitative estimate of drug-likeness (QED) is 0.854. The Morgan fingerprint density at radius 3 is 2.05 bits per heavy atom. The average Bonchev–Trinajstić information content (AvgIpc) is 2.49. The van der Waals surface area contributed by atoms with E-state index in [1.807, 2.05) is 13.1 Å². The van der Waals surface area contributed by atoms with Crippen LogP contribution in [0, 0.1) is 0 Å². The molecule has 0 aliphatic rings. The summed E-state index contributed by atoms with van der Waals surface area (Å²) in [6.45, 7) is 4.81. The van der Waals surface area contributed by atoms with Gasteiger partial charge in [0.2, 0.25) is 0 Å². The van der Waals surface area contributed by atoms with Crippen molar-refractivity contribution in [3.8, 4) is 11.1 Å². The van der Waals surface area contributed by atoms with Crippen LogP contribution < -0.4 is 5.32 Å². The van der Waals surface area contributed by atoms with Crippen molar-refractivity contribution in [1.29, 1.82) is 0 Å². The van der Waals surface area contributed by atoms with Gasteiger partial charge in [0.25, 0.3) is 0 Å². The molecular formula is C18H23NO. The highest BCUT2D eigenvalue weighted by molar-refractivity contribution is 5.63. The summed E-state index contributed by atoms with van der Waals surface area (Å²) >= 11 is 0. The van der Waals surface area contributed by atoms with Crippen molar-refractivity contribution < 1.29 is 4.74 Å². The third kappa shape index (κ3) is 3.92. The van der Waals surface area contributed by atoms with Crippen LogP contribution in [-0.4, -0.2) is 19.8 Å². The van der Waals surface area contributed by atoms with Gasteiger partial charge in [-0.2, -0.15) is 0 Å². The van der Waals surface area contributed by atoms with Crippen molar-refractivity contribution in [3.63, 3.8) is 0 Å². The number of rotatable bonds is 6. The second kappa shape index (κ2) is 7.22. The molecule has 0 amide bonds. The van der Waals surface area contributed by atoms with E-state index >= 15 is 0 Å². The van der Waals surface area contributed by atoms with E-state index in [1.165, 1.54) is 16.7 Å². The maximum atomic E-state index is 5.70. The molecule has 2 heteroatoms. The van der Waals surface area contributed by atoms with Crippen LogP contribution in [0.1, 0.15) is 25.5 Å². The van der Waals surface area contributed by atoms with Gasteiger partial charge in [-0.25, -0.2) is 0 Å². The van der Waals surface area contributed by atoms with Crippen LogP contribution in [0.4, 0.5) is 0 Å². The molecule has 0 spiro atoms. The van der Waals surface area contributed by atoms with Gasteiger partial charge in [0.05, 0.1) is 18.8 Å². The van der Waals surface area contributed by atoms with E-state index in [9.17, 15) is 0 Å². The minimum Gasteiger partial charge on any atom is -0.377 e. The molecule has 1 atom stereocenters. The molecule has 0 saturated carbocycles. The third-order valence-electron chi connectivity index (χ3n) is 3.36. The van der Waals surface area contributed by atoms with Gasteiger partial charge < -0.3 is 10.1 Å². The normalized spacial score (nSPS) is 12.6. The highest BCUT2D eigenvalue weighted by atomic mass is 16.5. The monoisotopic (exact) mass is 269 g/mol. The summed E-state index contributed by atoms with van der Waals surface area (Å²) in [4.78, 5) is 0. The molecule has 106 valence electrons. The Bertz CT molecular complexity index is 505. The number of nitrogens with one attached hydrogen (secondary N) is 1. The largest absolute Gasteiger partial charge is 0.377 e. The number of benzene rings is 2. The summed E-state index contributed by atoms with van der Waals surface area (Å²) in [5.74, 6) is 0. The maximum absolute atomic E-state index is 5.70. The Morgan fingerprint density at radius 1 is 0.900 bits per heavy atom. The number of likely N-dealkylation sites (N-methyl/N-ethyl adjacent to an activating group) is 1. The number of ether oxygens (including phenoxy) is 1. The van der Waals surface area contributed by atoms with Gasteiger partial charge in [-0.3, -0.25) is 0 Å². The zero-order valence-electron chi connectivity index (χ0n) is 12.5. The molecule has 2 rings (SSSR count). The average molecular weight is 269 g/mol. The van der Waals surface area contributed by atoms with Crippen molar-refractivity contribution in [1.82, 2.24) is 5.32 Å². The van der Waals surface area contributed by atoms with E-state index in [-0.39, 0.29) is 12.1 Å². The zero-order valence-corrected chi connectivity index (χ0v) is 12.5. The van der Waals surface area contributed by atoms with Gasteiger partial charge >= 0.3 is 0 Å². The fourth-order valence-electron chi connectivity index (χ4n) is 2.17. The highest BCUT2D eigenvalue weighted by Gasteiger charge is 2.10. The molecule has 0 heterocycles. The van der Waals surface area contributed by atoms with Gasteiger partial charge in [0, 0.05) is 0 Å². The lowest BCUT2D eigenvalue weighted by Crippen LogP contribution is -2.23. The van der Waals surface area contributed by atoms with Gasteiger partial charge in [0.1, 0.15) is 0 Å². The molecule has 0 aliphatic carbocycles. The SMILES string of the molecule is CNC(COC(C)C)c1ccc(-c2ccccc2)cc1. The number of hydrogen-bond donors (Lipinski definition) is 1. The lowest BCUT2D eigenvalue weighted by atomic mass is 10.0. The highest BCUT2D eigenvalue weighted by Crippen LogP contribution is 2.22. The van der Waals surface area contributed by atoms with Gasteiger partial charge in [-0.05, 0) is 37.6 Å². The summed E-state index contributed by atoms with van der Waals surface area (Å²) in [7, 11) is 1.97. The van der Waals surface area contributed by atoms with Crippen molar-refractivity contribution in [2.24, 2.45) is 0 Å². The van der Waals surface area contributed by atoms with E-state index in [2.05, 4.69) is 67.7 Å². The molecule has 2 aromatic rings. The third-order valence-corrected chi connectivity index (χ3v) is 3.36. The molecule has 0 radical (unpaired) electrons. The van der Waals surface area contributed by atoms with Crippen LogP contribution in [-0.2, 0) is 4.74 Å². The van der Waals surface area contributed by atoms with E-state index in [0.29, 0.717) is 6.61 Å². The topological polar surface area (TPSA) is 21.3 Å². The van der Waals surface area contributed by atoms with Crippen LogP contribution in [0.2, 0.25) is 0 Å². The fourth-order valence-corrected chi connectivity index (χ4v) is 2.17.